The largest absolute Gasteiger partial charge is 0.328 e. The maximum atomic E-state index is 5.75. The van der Waals surface area contributed by atoms with E-state index in [1.807, 2.05) is 19.3 Å². The van der Waals surface area contributed by atoms with E-state index in [0.717, 1.165) is 24.2 Å². The molecule has 0 bridgehead atoms. The molecule has 3 heteroatoms. The van der Waals surface area contributed by atoms with Gasteiger partial charge in [-0.25, -0.2) is 9.97 Å². The molecule has 0 aliphatic rings. The molecule has 2 aromatic rings. The lowest BCUT2D eigenvalue weighted by molar-refractivity contribution is 0.729. The van der Waals surface area contributed by atoms with Crippen molar-refractivity contribution in [1.82, 2.24) is 9.97 Å². The Labute approximate surface area is 108 Å². The molecule has 1 unspecified atom stereocenters. The van der Waals surface area contributed by atoms with Gasteiger partial charge < -0.3 is 5.73 Å². The number of aryl methyl sites for hydroxylation is 1. The minimum absolute atomic E-state index is 0.149. The second-order valence-electron chi connectivity index (χ2n) is 4.85. The summed E-state index contributed by atoms with van der Waals surface area (Å²) in [5, 5.41) is 0. The summed E-state index contributed by atoms with van der Waals surface area (Å²) in [6.45, 7) is 4.08. The van der Waals surface area contributed by atoms with Crippen molar-refractivity contribution in [2.75, 3.05) is 0 Å². The summed E-state index contributed by atoms with van der Waals surface area (Å²) in [5.74, 6) is 0.856. The highest BCUT2D eigenvalue weighted by atomic mass is 14.9. The van der Waals surface area contributed by atoms with Crippen LogP contribution in [0.1, 0.15) is 29.4 Å². The highest BCUT2D eigenvalue weighted by Crippen LogP contribution is 2.08. The lowest BCUT2D eigenvalue weighted by Crippen LogP contribution is -2.18. The first-order chi connectivity index (χ1) is 8.63. The zero-order valence-electron chi connectivity index (χ0n) is 10.9. The number of benzene rings is 1. The van der Waals surface area contributed by atoms with Gasteiger partial charge >= 0.3 is 0 Å². The summed E-state index contributed by atoms with van der Waals surface area (Å²) in [6, 6.07) is 8.58. The molecule has 0 fully saturated rings. The Hall–Kier alpha value is -1.74. The molecule has 1 heterocycles. The molecule has 0 radical (unpaired) electrons. The fourth-order valence-electron chi connectivity index (χ4n) is 1.95. The highest BCUT2D eigenvalue weighted by molar-refractivity contribution is 5.25. The molecule has 2 N–H and O–H groups in total. The van der Waals surface area contributed by atoms with Crippen LogP contribution in [0.4, 0.5) is 0 Å². The maximum Gasteiger partial charge on any atom is 0.132 e. The Balaban J connectivity index is 2.06. The molecule has 1 aromatic heterocycles. The van der Waals surface area contributed by atoms with Gasteiger partial charge in [-0.2, -0.15) is 0 Å². The normalized spacial score (nSPS) is 12.4. The van der Waals surface area contributed by atoms with Crippen LogP contribution in [0.15, 0.2) is 36.7 Å². The Morgan fingerprint density at radius 2 is 1.89 bits per heavy atom. The monoisotopic (exact) mass is 241 g/mol. The third kappa shape index (κ3) is 3.64. The highest BCUT2D eigenvalue weighted by Gasteiger charge is 2.02. The predicted octanol–water partition coefficient (Wildman–Crippen LogP) is 2.27. The van der Waals surface area contributed by atoms with E-state index in [-0.39, 0.29) is 6.04 Å². The number of hydrogen-bond acceptors (Lipinski definition) is 3. The third-order valence-electron chi connectivity index (χ3n) is 2.76. The molecule has 94 valence electrons. The van der Waals surface area contributed by atoms with Crippen molar-refractivity contribution in [3.05, 3.63) is 59.2 Å². The van der Waals surface area contributed by atoms with Gasteiger partial charge in [0.25, 0.3) is 0 Å². The average molecular weight is 241 g/mol. The van der Waals surface area contributed by atoms with Gasteiger partial charge in [0, 0.05) is 24.9 Å². The molecule has 0 amide bonds. The van der Waals surface area contributed by atoms with E-state index in [0.29, 0.717) is 0 Å². The number of aromatic nitrogens is 2. The van der Waals surface area contributed by atoms with E-state index in [9.17, 15) is 0 Å². The summed E-state index contributed by atoms with van der Waals surface area (Å²) in [4.78, 5) is 8.78. The standard InChI is InChI=1S/C15H19N3/c1-11-4-3-5-13(6-11)8-15-17-9-14(10-18-15)7-12(2)16/h3-6,9-10,12H,7-8,16H2,1-2H3. The SMILES string of the molecule is Cc1cccc(Cc2ncc(CC(C)N)cn2)c1. The molecule has 0 spiro atoms. The van der Waals surface area contributed by atoms with Crippen molar-refractivity contribution < 1.29 is 0 Å². The molecule has 0 aliphatic heterocycles. The summed E-state index contributed by atoms with van der Waals surface area (Å²) in [5.41, 5.74) is 9.35. The van der Waals surface area contributed by atoms with Crippen molar-refractivity contribution in [3.8, 4) is 0 Å². The van der Waals surface area contributed by atoms with Gasteiger partial charge in [-0.1, -0.05) is 29.8 Å². The first-order valence-electron chi connectivity index (χ1n) is 6.24. The lowest BCUT2D eigenvalue weighted by atomic mass is 10.1. The maximum absolute atomic E-state index is 5.75. The van der Waals surface area contributed by atoms with E-state index in [1.165, 1.54) is 11.1 Å². The van der Waals surface area contributed by atoms with Crippen LogP contribution in [-0.2, 0) is 12.8 Å². The zero-order valence-corrected chi connectivity index (χ0v) is 10.9. The van der Waals surface area contributed by atoms with Crippen LogP contribution < -0.4 is 5.73 Å². The van der Waals surface area contributed by atoms with Crippen LogP contribution in [0.2, 0.25) is 0 Å². The molecule has 0 saturated carbocycles. The fraction of sp³-hybridized carbons (Fsp3) is 0.333. The molecule has 2 rings (SSSR count). The van der Waals surface area contributed by atoms with E-state index in [2.05, 4.69) is 41.2 Å². The number of hydrogen-bond donors (Lipinski definition) is 1. The zero-order chi connectivity index (χ0) is 13.0. The summed E-state index contributed by atoms with van der Waals surface area (Å²) in [6.07, 6.45) is 5.36. The Morgan fingerprint density at radius 3 is 2.50 bits per heavy atom. The molecule has 1 aromatic carbocycles. The molecule has 18 heavy (non-hydrogen) atoms. The Bertz CT molecular complexity index is 503. The smallest absolute Gasteiger partial charge is 0.132 e. The van der Waals surface area contributed by atoms with Crippen LogP contribution >= 0.6 is 0 Å². The fourth-order valence-corrected chi connectivity index (χ4v) is 1.95. The molecule has 1 atom stereocenters. The topological polar surface area (TPSA) is 51.8 Å². The Morgan fingerprint density at radius 1 is 1.17 bits per heavy atom. The summed E-state index contributed by atoms with van der Waals surface area (Å²) >= 11 is 0. The molecule has 0 saturated heterocycles. The quantitative estimate of drug-likeness (QED) is 0.893. The van der Waals surface area contributed by atoms with Crippen molar-refractivity contribution in [1.29, 1.82) is 0 Å². The van der Waals surface area contributed by atoms with Crippen LogP contribution in [-0.4, -0.2) is 16.0 Å². The Kier molecular flexibility index (Phi) is 4.05. The van der Waals surface area contributed by atoms with E-state index in [1.54, 1.807) is 0 Å². The third-order valence-corrected chi connectivity index (χ3v) is 2.76. The number of nitrogens with two attached hydrogens (primary N) is 1. The second-order valence-corrected chi connectivity index (χ2v) is 4.85. The number of nitrogens with zero attached hydrogens (tertiary/aromatic N) is 2. The summed E-state index contributed by atoms with van der Waals surface area (Å²) < 4.78 is 0. The molecular weight excluding hydrogens is 222 g/mol. The van der Waals surface area contributed by atoms with Crippen LogP contribution in [0.3, 0.4) is 0 Å². The summed E-state index contributed by atoms with van der Waals surface area (Å²) in [7, 11) is 0. The first kappa shape index (κ1) is 12.7. The predicted molar refractivity (Wildman–Crippen MR) is 73.4 cm³/mol. The van der Waals surface area contributed by atoms with Crippen molar-refractivity contribution in [2.24, 2.45) is 5.73 Å². The average Bonchev–Trinajstić information content (AvgIpc) is 2.31. The van der Waals surface area contributed by atoms with Gasteiger partial charge in [0.2, 0.25) is 0 Å². The van der Waals surface area contributed by atoms with Gasteiger partial charge in [0.05, 0.1) is 0 Å². The van der Waals surface area contributed by atoms with Crippen molar-refractivity contribution in [3.63, 3.8) is 0 Å². The molecule has 0 aliphatic carbocycles. The van der Waals surface area contributed by atoms with E-state index < -0.39 is 0 Å². The van der Waals surface area contributed by atoms with Gasteiger partial charge in [0.1, 0.15) is 5.82 Å². The van der Waals surface area contributed by atoms with Crippen molar-refractivity contribution in [2.45, 2.75) is 32.7 Å². The first-order valence-corrected chi connectivity index (χ1v) is 6.24. The molecular formula is C15H19N3. The second kappa shape index (κ2) is 5.74. The van der Waals surface area contributed by atoms with E-state index in [4.69, 9.17) is 5.73 Å². The number of rotatable bonds is 4. The van der Waals surface area contributed by atoms with Gasteiger partial charge in [0.15, 0.2) is 0 Å². The van der Waals surface area contributed by atoms with Crippen LogP contribution in [0.25, 0.3) is 0 Å². The van der Waals surface area contributed by atoms with Crippen LogP contribution in [0.5, 0.6) is 0 Å². The minimum atomic E-state index is 0.149. The van der Waals surface area contributed by atoms with Gasteiger partial charge in [-0.15, -0.1) is 0 Å². The van der Waals surface area contributed by atoms with Gasteiger partial charge in [-0.3, -0.25) is 0 Å². The minimum Gasteiger partial charge on any atom is -0.328 e. The lowest BCUT2D eigenvalue weighted by Gasteiger charge is -2.05. The van der Waals surface area contributed by atoms with Crippen molar-refractivity contribution >= 4 is 0 Å². The van der Waals surface area contributed by atoms with E-state index >= 15 is 0 Å². The van der Waals surface area contributed by atoms with Crippen LogP contribution in [0, 0.1) is 6.92 Å². The van der Waals surface area contributed by atoms with Gasteiger partial charge in [-0.05, 0) is 31.4 Å². The molecule has 3 nitrogen and oxygen atoms in total.